The van der Waals surface area contributed by atoms with Gasteiger partial charge in [0.2, 0.25) is 5.82 Å². The average molecular weight is 297 g/mol. The van der Waals surface area contributed by atoms with E-state index in [1.165, 1.54) is 6.07 Å². The van der Waals surface area contributed by atoms with Crippen LogP contribution in [0.2, 0.25) is 5.15 Å². The zero-order valence-electron chi connectivity index (χ0n) is 9.71. The smallest absolute Gasteiger partial charge is 0.301 e. The Hall–Kier alpha value is -2.61. The summed E-state index contributed by atoms with van der Waals surface area (Å²) in [5, 5.41) is 13.0. The van der Waals surface area contributed by atoms with Crippen molar-refractivity contribution in [3.8, 4) is 0 Å². The summed E-state index contributed by atoms with van der Waals surface area (Å²) in [5.41, 5.74) is -0.520. The van der Waals surface area contributed by atoms with Gasteiger partial charge in [0.1, 0.15) is 11.0 Å². The van der Waals surface area contributed by atoms with E-state index >= 15 is 0 Å². The molecule has 2 heterocycles. The Labute approximate surface area is 116 Å². The van der Waals surface area contributed by atoms with Crippen molar-refractivity contribution in [3.63, 3.8) is 0 Å². The van der Waals surface area contributed by atoms with E-state index in [1.807, 2.05) is 0 Å². The molecule has 0 spiro atoms. The van der Waals surface area contributed by atoms with Gasteiger partial charge in [-0.2, -0.15) is 0 Å². The zero-order chi connectivity index (χ0) is 14.7. The Kier molecular flexibility index (Phi) is 3.85. The molecule has 0 fully saturated rings. The molecule has 0 saturated heterocycles. The Bertz CT molecular complexity index is 695. The van der Waals surface area contributed by atoms with Crippen LogP contribution in [0.4, 0.5) is 15.9 Å². The van der Waals surface area contributed by atoms with Gasteiger partial charge in [-0.1, -0.05) is 11.6 Å². The van der Waals surface area contributed by atoms with Gasteiger partial charge in [-0.05, 0) is 12.1 Å². The van der Waals surface area contributed by atoms with Crippen LogP contribution in [0.3, 0.4) is 0 Å². The van der Waals surface area contributed by atoms with E-state index in [9.17, 15) is 19.3 Å². The number of nitrogens with zero attached hydrogens (tertiary/aromatic N) is 3. The van der Waals surface area contributed by atoms with Crippen LogP contribution in [0.15, 0.2) is 30.6 Å². The number of nitrogens with one attached hydrogen (secondary N) is 1. The molecule has 0 aliphatic heterocycles. The van der Waals surface area contributed by atoms with Gasteiger partial charge in [0.25, 0.3) is 5.91 Å². The Morgan fingerprint density at radius 1 is 1.40 bits per heavy atom. The van der Waals surface area contributed by atoms with Crippen LogP contribution in [0.5, 0.6) is 0 Å². The second-order valence-electron chi connectivity index (χ2n) is 3.60. The minimum absolute atomic E-state index is 0.0248. The average Bonchev–Trinajstić information content (AvgIpc) is 2.38. The summed E-state index contributed by atoms with van der Waals surface area (Å²) in [5.74, 6) is -1.81. The maximum atomic E-state index is 13.0. The van der Waals surface area contributed by atoms with Crippen molar-refractivity contribution in [2.24, 2.45) is 0 Å². The van der Waals surface area contributed by atoms with Crippen LogP contribution in [0.25, 0.3) is 0 Å². The lowest BCUT2D eigenvalue weighted by molar-refractivity contribution is -0.384. The third-order valence-corrected chi connectivity index (χ3v) is 2.45. The molecule has 1 N–H and O–H groups in total. The van der Waals surface area contributed by atoms with Crippen molar-refractivity contribution < 1.29 is 14.1 Å². The number of hydrogen-bond donors (Lipinski definition) is 1. The summed E-state index contributed by atoms with van der Waals surface area (Å²) in [6.07, 6.45) is 2.05. The van der Waals surface area contributed by atoms with Gasteiger partial charge in [0.15, 0.2) is 0 Å². The highest BCUT2D eigenvalue weighted by atomic mass is 35.5. The fourth-order valence-corrected chi connectivity index (χ4v) is 1.53. The Morgan fingerprint density at radius 2 is 2.15 bits per heavy atom. The summed E-state index contributed by atoms with van der Waals surface area (Å²) in [6, 6.07) is 3.27. The zero-order valence-corrected chi connectivity index (χ0v) is 10.5. The minimum Gasteiger partial charge on any atom is -0.301 e. The Balaban J connectivity index is 2.32. The molecule has 0 radical (unpaired) electrons. The predicted octanol–water partition coefficient (Wildman–Crippen LogP) is 2.43. The number of anilines is 1. The van der Waals surface area contributed by atoms with E-state index < -0.39 is 22.3 Å². The van der Waals surface area contributed by atoms with Gasteiger partial charge in [-0.3, -0.25) is 19.9 Å². The normalized spacial score (nSPS) is 10.1. The SMILES string of the molecule is O=C(Nc1nc(Cl)ccc1[N+](=O)[O-])c1cncc(F)c1. The van der Waals surface area contributed by atoms with E-state index in [2.05, 4.69) is 15.3 Å². The summed E-state index contributed by atoms with van der Waals surface area (Å²) < 4.78 is 13.0. The molecular formula is C11H6ClFN4O3. The van der Waals surface area contributed by atoms with E-state index in [0.717, 1.165) is 24.5 Å². The molecule has 0 bridgehead atoms. The molecule has 7 nitrogen and oxygen atoms in total. The number of halogens is 2. The highest BCUT2D eigenvalue weighted by molar-refractivity contribution is 6.29. The molecular weight excluding hydrogens is 291 g/mol. The molecule has 20 heavy (non-hydrogen) atoms. The molecule has 0 aliphatic carbocycles. The topological polar surface area (TPSA) is 98.0 Å². The van der Waals surface area contributed by atoms with Crippen molar-refractivity contribution >= 4 is 29.0 Å². The van der Waals surface area contributed by atoms with Gasteiger partial charge in [-0.15, -0.1) is 0 Å². The fraction of sp³-hybridized carbons (Fsp3) is 0. The first kappa shape index (κ1) is 13.8. The van der Waals surface area contributed by atoms with Crippen LogP contribution >= 0.6 is 11.6 Å². The van der Waals surface area contributed by atoms with Crippen molar-refractivity contribution in [1.82, 2.24) is 9.97 Å². The molecule has 0 atom stereocenters. The van der Waals surface area contributed by atoms with Gasteiger partial charge in [0.05, 0.1) is 16.7 Å². The number of amides is 1. The quantitative estimate of drug-likeness (QED) is 0.533. The number of rotatable bonds is 3. The van der Waals surface area contributed by atoms with Crippen molar-refractivity contribution in [3.05, 3.63) is 57.2 Å². The molecule has 0 saturated carbocycles. The standard InChI is InChI=1S/C11H6ClFN4O3/c12-9-2-1-8(17(19)20)10(15-9)16-11(18)6-3-7(13)5-14-4-6/h1-5H,(H,15,16,18). The second kappa shape index (κ2) is 5.57. The third-order valence-electron chi connectivity index (χ3n) is 2.24. The van der Waals surface area contributed by atoms with Gasteiger partial charge in [-0.25, -0.2) is 9.37 Å². The highest BCUT2D eigenvalue weighted by Gasteiger charge is 2.19. The Morgan fingerprint density at radius 3 is 2.80 bits per heavy atom. The van der Waals surface area contributed by atoms with Crippen molar-refractivity contribution in [2.75, 3.05) is 5.32 Å². The molecule has 2 aromatic rings. The van der Waals surface area contributed by atoms with Crippen molar-refractivity contribution in [1.29, 1.82) is 0 Å². The molecule has 2 aromatic heterocycles. The number of aromatic nitrogens is 2. The lowest BCUT2D eigenvalue weighted by Crippen LogP contribution is -2.15. The molecule has 2 rings (SSSR count). The number of pyridine rings is 2. The number of nitro groups is 1. The first-order valence-corrected chi connectivity index (χ1v) is 5.58. The third kappa shape index (κ3) is 3.04. The van der Waals surface area contributed by atoms with Crippen LogP contribution in [0.1, 0.15) is 10.4 Å². The summed E-state index contributed by atoms with van der Waals surface area (Å²) in [6.45, 7) is 0. The second-order valence-corrected chi connectivity index (χ2v) is 3.99. The van der Waals surface area contributed by atoms with Crippen LogP contribution in [-0.2, 0) is 0 Å². The summed E-state index contributed by atoms with van der Waals surface area (Å²) >= 11 is 5.62. The molecule has 9 heteroatoms. The molecule has 0 unspecified atom stereocenters. The summed E-state index contributed by atoms with van der Waals surface area (Å²) in [7, 11) is 0. The number of carbonyl (C=O) groups is 1. The molecule has 1 amide bonds. The number of hydrogen-bond acceptors (Lipinski definition) is 5. The molecule has 102 valence electrons. The fourth-order valence-electron chi connectivity index (χ4n) is 1.38. The summed E-state index contributed by atoms with van der Waals surface area (Å²) in [4.78, 5) is 29.1. The monoisotopic (exact) mass is 296 g/mol. The van der Waals surface area contributed by atoms with Crippen molar-refractivity contribution in [2.45, 2.75) is 0 Å². The minimum atomic E-state index is -0.783. The lowest BCUT2D eigenvalue weighted by atomic mass is 10.2. The van der Waals surface area contributed by atoms with Gasteiger partial charge < -0.3 is 5.32 Å². The molecule has 0 aliphatic rings. The van der Waals surface area contributed by atoms with Gasteiger partial charge in [0, 0.05) is 12.3 Å². The highest BCUT2D eigenvalue weighted by Crippen LogP contribution is 2.24. The lowest BCUT2D eigenvalue weighted by Gasteiger charge is -2.05. The maximum Gasteiger partial charge on any atom is 0.311 e. The molecule has 0 aromatic carbocycles. The van der Waals surface area contributed by atoms with E-state index in [-0.39, 0.29) is 16.5 Å². The van der Waals surface area contributed by atoms with Crippen LogP contribution in [-0.4, -0.2) is 20.8 Å². The van der Waals surface area contributed by atoms with E-state index in [0.29, 0.717) is 0 Å². The largest absolute Gasteiger partial charge is 0.311 e. The predicted molar refractivity (Wildman–Crippen MR) is 68.0 cm³/mol. The van der Waals surface area contributed by atoms with Gasteiger partial charge >= 0.3 is 5.69 Å². The van der Waals surface area contributed by atoms with E-state index in [4.69, 9.17) is 11.6 Å². The maximum absolute atomic E-state index is 13.0. The first-order valence-electron chi connectivity index (χ1n) is 5.20. The first-order chi connectivity index (χ1) is 9.47. The number of carbonyl (C=O) groups excluding carboxylic acids is 1. The van der Waals surface area contributed by atoms with E-state index in [1.54, 1.807) is 0 Å². The van der Waals surface area contributed by atoms with Crippen LogP contribution < -0.4 is 5.32 Å². The van der Waals surface area contributed by atoms with Crippen LogP contribution in [0, 0.1) is 15.9 Å².